The Morgan fingerprint density at radius 3 is 2.53 bits per heavy atom. The first-order valence-electron chi connectivity index (χ1n) is 6.23. The van der Waals surface area contributed by atoms with E-state index in [9.17, 15) is 0 Å². The molecule has 1 unspecified atom stereocenters. The Hall–Kier alpha value is -1.06. The molecular weight excluding hydrogens is 214 g/mol. The van der Waals surface area contributed by atoms with Gasteiger partial charge in [0.25, 0.3) is 0 Å². The summed E-state index contributed by atoms with van der Waals surface area (Å²) in [7, 11) is 1.73. The number of rotatable bonds is 8. The highest BCUT2D eigenvalue weighted by atomic mass is 16.5. The van der Waals surface area contributed by atoms with E-state index < -0.39 is 0 Å². The van der Waals surface area contributed by atoms with Crippen LogP contribution in [0.2, 0.25) is 0 Å². The van der Waals surface area contributed by atoms with Crippen molar-refractivity contribution in [3.8, 4) is 5.75 Å². The lowest BCUT2D eigenvalue weighted by molar-refractivity contribution is 0.193. The summed E-state index contributed by atoms with van der Waals surface area (Å²) in [5.74, 6) is 0.933. The average Bonchev–Trinajstić information content (AvgIpc) is 2.36. The zero-order chi connectivity index (χ0) is 12.5. The molecule has 0 aliphatic carbocycles. The molecule has 0 saturated heterocycles. The largest absolute Gasteiger partial charge is 0.494 e. The van der Waals surface area contributed by atoms with E-state index in [1.165, 1.54) is 5.56 Å². The van der Waals surface area contributed by atoms with Crippen molar-refractivity contribution in [1.29, 1.82) is 0 Å². The molecule has 0 spiro atoms. The van der Waals surface area contributed by atoms with Crippen molar-refractivity contribution >= 4 is 0 Å². The predicted octanol–water partition coefficient (Wildman–Crippen LogP) is 2.77. The summed E-state index contributed by atoms with van der Waals surface area (Å²) in [4.78, 5) is 0. The summed E-state index contributed by atoms with van der Waals surface area (Å²) in [6.07, 6.45) is 1.04. The monoisotopic (exact) mass is 237 g/mol. The minimum atomic E-state index is 0.363. The fourth-order valence-electron chi connectivity index (χ4n) is 1.67. The molecule has 0 radical (unpaired) electrons. The van der Waals surface area contributed by atoms with E-state index in [2.05, 4.69) is 24.4 Å². The van der Waals surface area contributed by atoms with Gasteiger partial charge in [-0.1, -0.05) is 12.1 Å². The number of nitrogens with one attached hydrogen (secondary N) is 1. The minimum Gasteiger partial charge on any atom is -0.494 e. The summed E-state index contributed by atoms with van der Waals surface area (Å²) < 4.78 is 10.4. The molecule has 1 rings (SSSR count). The van der Waals surface area contributed by atoms with Crippen LogP contribution in [0.4, 0.5) is 0 Å². The van der Waals surface area contributed by atoms with Gasteiger partial charge in [-0.15, -0.1) is 0 Å². The molecule has 1 atom stereocenters. The van der Waals surface area contributed by atoms with E-state index in [4.69, 9.17) is 9.47 Å². The highest BCUT2D eigenvalue weighted by Gasteiger charge is 2.04. The molecule has 0 bridgehead atoms. The highest BCUT2D eigenvalue weighted by molar-refractivity contribution is 5.28. The van der Waals surface area contributed by atoms with Gasteiger partial charge in [-0.3, -0.25) is 0 Å². The van der Waals surface area contributed by atoms with Crippen LogP contribution in [-0.2, 0) is 4.74 Å². The maximum Gasteiger partial charge on any atom is 0.119 e. The van der Waals surface area contributed by atoms with Crippen LogP contribution in [0.25, 0.3) is 0 Å². The molecule has 1 aromatic rings. The quantitative estimate of drug-likeness (QED) is 0.705. The van der Waals surface area contributed by atoms with Crippen LogP contribution >= 0.6 is 0 Å². The van der Waals surface area contributed by atoms with Gasteiger partial charge in [-0.25, -0.2) is 0 Å². The summed E-state index contributed by atoms with van der Waals surface area (Å²) in [6, 6.07) is 8.62. The first-order chi connectivity index (χ1) is 8.27. The Balaban J connectivity index is 2.37. The Morgan fingerprint density at radius 2 is 1.94 bits per heavy atom. The molecule has 3 heteroatoms. The Labute approximate surface area is 104 Å². The lowest BCUT2D eigenvalue weighted by Crippen LogP contribution is -2.20. The van der Waals surface area contributed by atoms with Crippen LogP contribution in [-0.4, -0.2) is 26.9 Å². The summed E-state index contributed by atoms with van der Waals surface area (Å²) >= 11 is 0. The second-order valence-electron chi connectivity index (χ2n) is 4.02. The smallest absolute Gasteiger partial charge is 0.119 e. The second kappa shape index (κ2) is 8.09. The van der Waals surface area contributed by atoms with Crippen LogP contribution in [0.1, 0.15) is 31.9 Å². The Bertz CT molecular complexity index is 298. The summed E-state index contributed by atoms with van der Waals surface area (Å²) in [5.41, 5.74) is 1.28. The fraction of sp³-hybridized carbons (Fsp3) is 0.571. The third-order valence-electron chi connectivity index (χ3n) is 2.67. The molecule has 0 fully saturated rings. The minimum absolute atomic E-state index is 0.363. The maximum absolute atomic E-state index is 5.42. The third-order valence-corrected chi connectivity index (χ3v) is 2.67. The summed E-state index contributed by atoms with van der Waals surface area (Å²) in [6.45, 7) is 6.66. The molecule has 96 valence electrons. The van der Waals surface area contributed by atoms with Crippen LogP contribution in [0.3, 0.4) is 0 Å². The number of benzene rings is 1. The lowest BCUT2D eigenvalue weighted by atomic mass is 10.1. The normalized spacial score (nSPS) is 12.4. The Morgan fingerprint density at radius 1 is 1.24 bits per heavy atom. The molecule has 1 N–H and O–H groups in total. The van der Waals surface area contributed by atoms with Crippen molar-refractivity contribution in [2.75, 3.05) is 26.9 Å². The van der Waals surface area contributed by atoms with Crippen molar-refractivity contribution in [3.05, 3.63) is 29.8 Å². The van der Waals surface area contributed by atoms with E-state index in [-0.39, 0.29) is 0 Å². The molecule has 17 heavy (non-hydrogen) atoms. The SMILES string of the molecule is CCOc1ccc(C(C)NCCCOC)cc1. The van der Waals surface area contributed by atoms with Crippen molar-refractivity contribution in [1.82, 2.24) is 5.32 Å². The molecular formula is C14H23NO2. The zero-order valence-electron chi connectivity index (χ0n) is 11.0. The van der Waals surface area contributed by atoms with Crippen LogP contribution < -0.4 is 10.1 Å². The van der Waals surface area contributed by atoms with Crippen LogP contribution in [0.15, 0.2) is 24.3 Å². The first kappa shape index (κ1) is 14.0. The number of hydrogen-bond donors (Lipinski definition) is 1. The van der Waals surface area contributed by atoms with Crippen molar-refractivity contribution < 1.29 is 9.47 Å². The molecule has 0 aliphatic heterocycles. The average molecular weight is 237 g/mol. The topological polar surface area (TPSA) is 30.5 Å². The predicted molar refractivity (Wildman–Crippen MR) is 70.5 cm³/mol. The number of hydrogen-bond acceptors (Lipinski definition) is 3. The van der Waals surface area contributed by atoms with E-state index >= 15 is 0 Å². The highest BCUT2D eigenvalue weighted by Crippen LogP contribution is 2.17. The van der Waals surface area contributed by atoms with Crippen molar-refractivity contribution in [2.45, 2.75) is 26.3 Å². The van der Waals surface area contributed by atoms with E-state index in [0.717, 1.165) is 25.3 Å². The van der Waals surface area contributed by atoms with E-state index in [1.54, 1.807) is 7.11 Å². The molecule has 1 aromatic carbocycles. The molecule has 0 heterocycles. The fourth-order valence-corrected chi connectivity index (χ4v) is 1.67. The zero-order valence-corrected chi connectivity index (χ0v) is 11.0. The van der Waals surface area contributed by atoms with Gasteiger partial charge < -0.3 is 14.8 Å². The second-order valence-corrected chi connectivity index (χ2v) is 4.02. The van der Waals surface area contributed by atoms with Gasteiger partial charge in [0.15, 0.2) is 0 Å². The van der Waals surface area contributed by atoms with Gasteiger partial charge in [0.05, 0.1) is 6.61 Å². The van der Waals surface area contributed by atoms with Gasteiger partial charge in [-0.05, 0) is 44.5 Å². The number of ether oxygens (including phenoxy) is 2. The molecule has 0 aliphatic rings. The summed E-state index contributed by atoms with van der Waals surface area (Å²) in [5, 5.41) is 3.46. The molecule has 0 amide bonds. The van der Waals surface area contributed by atoms with Gasteiger partial charge in [0, 0.05) is 19.8 Å². The third kappa shape index (κ3) is 5.20. The van der Waals surface area contributed by atoms with Gasteiger partial charge >= 0.3 is 0 Å². The van der Waals surface area contributed by atoms with Crippen LogP contribution in [0, 0.1) is 0 Å². The van der Waals surface area contributed by atoms with Crippen molar-refractivity contribution in [3.63, 3.8) is 0 Å². The standard InChI is InChI=1S/C14H23NO2/c1-4-17-14-8-6-13(7-9-14)12(2)15-10-5-11-16-3/h6-9,12,15H,4-5,10-11H2,1-3H3. The molecule has 3 nitrogen and oxygen atoms in total. The Kier molecular flexibility index (Phi) is 6.67. The van der Waals surface area contributed by atoms with E-state index in [0.29, 0.717) is 12.6 Å². The lowest BCUT2D eigenvalue weighted by Gasteiger charge is -2.14. The van der Waals surface area contributed by atoms with Gasteiger partial charge in [0.1, 0.15) is 5.75 Å². The maximum atomic E-state index is 5.42. The molecule has 0 saturated carbocycles. The number of methoxy groups -OCH3 is 1. The van der Waals surface area contributed by atoms with Gasteiger partial charge in [0.2, 0.25) is 0 Å². The van der Waals surface area contributed by atoms with Crippen molar-refractivity contribution in [2.24, 2.45) is 0 Å². The first-order valence-corrected chi connectivity index (χ1v) is 6.23. The van der Waals surface area contributed by atoms with Gasteiger partial charge in [-0.2, -0.15) is 0 Å². The molecule has 0 aromatic heterocycles. The van der Waals surface area contributed by atoms with Crippen LogP contribution in [0.5, 0.6) is 5.75 Å². The van der Waals surface area contributed by atoms with E-state index in [1.807, 2.05) is 19.1 Å².